The molecule has 0 aliphatic heterocycles. The summed E-state index contributed by atoms with van der Waals surface area (Å²) in [6.45, 7) is 4.33. The minimum atomic E-state index is -0.684. The quantitative estimate of drug-likeness (QED) is 0.843. The Morgan fingerprint density at radius 2 is 2.29 bits per heavy atom. The van der Waals surface area contributed by atoms with Crippen LogP contribution >= 0.6 is 0 Å². The molecule has 1 aromatic rings. The first-order valence-electron chi connectivity index (χ1n) is 6.26. The molecule has 0 radical (unpaired) electrons. The first-order chi connectivity index (χ1) is 8.03. The third-order valence-electron chi connectivity index (χ3n) is 3.70. The van der Waals surface area contributed by atoms with Crippen molar-refractivity contribution in [1.82, 2.24) is 5.32 Å². The van der Waals surface area contributed by atoms with Gasteiger partial charge in [0.25, 0.3) is 0 Å². The van der Waals surface area contributed by atoms with Crippen molar-refractivity contribution in [1.29, 1.82) is 0 Å². The van der Waals surface area contributed by atoms with E-state index in [2.05, 4.69) is 5.32 Å². The number of hydrogen-bond acceptors (Lipinski definition) is 2. The zero-order valence-electron chi connectivity index (χ0n) is 10.5. The first kappa shape index (κ1) is 12.5. The van der Waals surface area contributed by atoms with E-state index in [0.717, 1.165) is 24.0 Å². The Kier molecular flexibility index (Phi) is 3.50. The van der Waals surface area contributed by atoms with Gasteiger partial charge in [0.15, 0.2) is 0 Å². The molecule has 1 aliphatic rings. The van der Waals surface area contributed by atoms with Crippen LogP contribution in [0.2, 0.25) is 0 Å². The Morgan fingerprint density at radius 3 is 3.00 bits per heavy atom. The monoisotopic (exact) mass is 237 g/mol. The summed E-state index contributed by atoms with van der Waals surface area (Å²) < 4.78 is 13.5. The van der Waals surface area contributed by atoms with Crippen molar-refractivity contribution in [2.45, 2.75) is 44.8 Å². The zero-order valence-corrected chi connectivity index (χ0v) is 10.5. The Hall–Kier alpha value is -0.930. The maximum atomic E-state index is 13.5. The lowest BCUT2D eigenvalue weighted by Gasteiger charge is -2.24. The Balaban J connectivity index is 2.05. The van der Waals surface area contributed by atoms with Crippen molar-refractivity contribution < 1.29 is 9.50 Å². The van der Waals surface area contributed by atoms with Gasteiger partial charge in [-0.1, -0.05) is 19.1 Å². The second kappa shape index (κ2) is 4.75. The van der Waals surface area contributed by atoms with Gasteiger partial charge in [-0.25, -0.2) is 4.39 Å². The van der Waals surface area contributed by atoms with Gasteiger partial charge in [0.05, 0.1) is 5.60 Å². The van der Waals surface area contributed by atoms with E-state index in [-0.39, 0.29) is 11.9 Å². The molecule has 0 bridgehead atoms. The summed E-state index contributed by atoms with van der Waals surface area (Å²) in [5, 5.41) is 13.3. The van der Waals surface area contributed by atoms with Crippen LogP contribution in [0.1, 0.15) is 43.9 Å². The van der Waals surface area contributed by atoms with Gasteiger partial charge >= 0.3 is 0 Å². The first-order valence-corrected chi connectivity index (χ1v) is 6.26. The van der Waals surface area contributed by atoms with Crippen molar-refractivity contribution in [2.75, 3.05) is 6.54 Å². The fraction of sp³-hybridized carbons (Fsp3) is 0.571. The van der Waals surface area contributed by atoms with Crippen LogP contribution in [-0.4, -0.2) is 17.3 Å². The molecule has 94 valence electrons. The molecule has 0 fully saturated rings. The lowest BCUT2D eigenvalue weighted by Crippen LogP contribution is -2.38. The standard InChI is InChI=1S/C14H20FNO/c1-3-14(2,17)9-16-13-8-7-10-11(13)5-4-6-12(10)15/h4-6,13,16-17H,3,7-9H2,1-2H3. The van der Waals surface area contributed by atoms with Gasteiger partial charge < -0.3 is 10.4 Å². The van der Waals surface area contributed by atoms with Crippen LogP contribution in [0.4, 0.5) is 4.39 Å². The molecule has 17 heavy (non-hydrogen) atoms. The highest BCUT2D eigenvalue weighted by Gasteiger charge is 2.26. The van der Waals surface area contributed by atoms with Gasteiger partial charge in [0.1, 0.15) is 5.82 Å². The molecule has 2 rings (SSSR count). The highest BCUT2D eigenvalue weighted by Crippen LogP contribution is 2.32. The normalized spacial score (nSPS) is 22.2. The van der Waals surface area contributed by atoms with Crippen molar-refractivity contribution in [3.63, 3.8) is 0 Å². The third-order valence-corrected chi connectivity index (χ3v) is 3.70. The SMILES string of the molecule is CCC(C)(O)CNC1CCc2c(F)cccc21. The molecule has 2 N–H and O–H groups in total. The third kappa shape index (κ3) is 2.67. The summed E-state index contributed by atoms with van der Waals surface area (Å²) in [4.78, 5) is 0. The molecule has 0 amide bonds. The van der Waals surface area contributed by atoms with Gasteiger partial charge in [-0.15, -0.1) is 0 Å². The molecule has 2 nitrogen and oxygen atoms in total. The maximum absolute atomic E-state index is 13.5. The van der Waals surface area contributed by atoms with Gasteiger partial charge in [0, 0.05) is 12.6 Å². The van der Waals surface area contributed by atoms with Crippen LogP contribution in [0, 0.1) is 5.82 Å². The summed E-state index contributed by atoms with van der Waals surface area (Å²) >= 11 is 0. The summed E-state index contributed by atoms with van der Waals surface area (Å²) in [7, 11) is 0. The molecule has 1 aromatic carbocycles. The van der Waals surface area contributed by atoms with Crippen LogP contribution < -0.4 is 5.32 Å². The van der Waals surface area contributed by atoms with Crippen molar-refractivity contribution in [2.24, 2.45) is 0 Å². The Bertz CT molecular complexity index is 403. The number of fused-ring (bicyclic) bond motifs is 1. The van der Waals surface area contributed by atoms with Crippen LogP contribution in [0.5, 0.6) is 0 Å². The summed E-state index contributed by atoms with van der Waals surface area (Å²) in [5.74, 6) is -0.103. The molecule has 0 heterocycles. The predicted octanol–water partition coefficient (Wildman–Crippen LogP) is 2.56. The van der Waals surface area contributed by atoms with Crippen molar-refractivity contribution >= 4 is 0 Å². The molecule has 3 heteroatoms. The van der Waals surface area contributed by atoms with Crippen LogP contribution in [0.3, 0.4) is 0 Å². The number of halogens is 1. The van der Waals surface area contributed by atoms with Gasteiger partial charge in [0.2, 0.25) is 0 Å². The molecule has 2 unspecified atom stereocenters. The number of aliphatic hydroxyl groups is 1. The zero-order chi connectivity index (χ0) is 12.5. The van der Waals surface area contributed by atoms with E-state index >= 15 is 0 Å². The molecular formula is C14H20FNO. The van der Waals surface area contributed by atoms with E-state index < -0.39 is 5.60 Å². The topological polar surface area (TPSA) is 32.3 Å². The average molecular weight is 237 g/mol. The minimum Gasteiger partial charge on any atom is -0.389 e. The Labute approximate surface area is 102 Å². The maximum Gasteiger partial charge on any atom is 0.126 e. The van der Waals surface area contributed by atoms with E-state index in [9.17, 15) is 9.50 Å². The number of rotatable bonds is 4. The molecule has 0 spiro atoms. The largest absolute Gasteiger partial charge is 0.389 e. The smallest absolute Gasteiger partial charge is 0.126 e. The van der Waals surface area contributed by atoms with E-state index in [1.54, 1.807) is 6.07 Å². The second-order valence-corrected chi connectivity index (χ2v) is 5.13. The minimum absolute atomic E-state index is 0.103. The average Bonchev–Trinajstić information content (AvgIpc) is 2.71. The van der Waals surface area contributed by atoms with Gasteiger partial charge in [-0.2, -0.15) is 0 Å². The number of nitrogens with one attached hydrogen (secondary N) is 1. The van der Waals surface area contributed by atoms with Gasteiger partial charge in [-0.05, 0) is 43.4 Å². The van der Waals surface area contributed by atoms with Crippen LogP contribution in [0.15, 0.2) is 18.2 Å². The molecule has 1 aliphatic carbocycles. The molecule has 2 atom stereocenters. The molecular weight excluding hydrogens is 217 g/mol. The van der Waals surface area contributed by atoms with Crippen molar-refractivity contribution in [3.8, 4) is 0 Å². The fourth-order valence-corrected chi connectivity index (χ4v) is 2.29. The summed E-state index contributed by atoms with van der Waals surface area (Å²) in [6, 6.07) is 5.43. The van der Waals surface area contributed by atoms with E-state index in [4.69, 9.17) is 0 Å². The Morgan fingerprint density at radius 1 is 1.53 bits per heavy atom. The predicted molar refractivity (Wildman–Crippen MR) is 66.4 cm³/mol. The van der Waals surface area contributed by atoms with Gasteiger partial charge in [-0.3, -0.25) is 0 Å². The van der Waals surface area contributed by atoms with Crippen LogP contribution in [-0.2, 0) is 6.42 Å². The highest BCUT2D eigenvalue weighted by atomic mass is 19.1. The van der Waals surface area contributed by atoms with E-state index in [0.29, 0.717) is 13.0 Å². The number of hydrogen-bond donors (Lipinski definition) is 2. The summed E-state index contributed by atoms with van der Waals surface area (Å²) in [6.07, 6.45) is 2.41. The molecule has 0 saturated carbocycles. The van der Waals surface area contributed by atoms with E-state index in [1.165, 1.54) is 6.07 Å². The van der Waals surface area contributed by atoms with Crippen molar-refractivity contribution in [3.05, 3.63) is 35.1 Å². The fourth-order valence-electron chi connectivity index (χ4n) is 2.29. The molecule has 0 saturated heterocycles. The second-order valence-electron chi connectivity index (χ2n) is 5.13. The highest BCUT2D eigenvalue weighted by molar-refractivity contribution is 5.35. The van der Waals surface area contributed by atoms with E-state index in [1.807, 2.05) is 19.9 Å². The van der Waals surface area contributed by atoms with Crippen LogP contribution in [0.25, 0.3) is 0 Å². The number of benzene rings is 1. The lowest BCUT2D eigenvalue weighted by molar-refractivity contribution is 0.0528. The summed E-state index contributed by atoms with van der Waals surface area (Å²) in [5.41, 5.74) is 1.20. The lowest BCUT2D eigenvalue weighted by atomic mass is 10.0. The molecule has 0 aromatic heterocycles.